The predicted octanol–water partition coefficient (Wildman–Crippen LogP) is 3.33. The van der Waals surface area contributed by atoms with Crippen LogP contribution in [0.5, 0.6) is 11.5 Å². The number of hydrogen-bond acceptors (Lipinski definition) is 8. The van der Waals surface area contributed by atoms with Crippen molar-refractivity contribution in [1.82, 2.24) is 4.98 Å². The van der Waals surface area contributed by atoms with Crippen LogP contribution >= 0.6 is 22.7 Å². The van der Waals surface area contributed by atoms with Gasteiger partial charge in [-0.2, -0.15) is 0 Å². The molecule has 2 aromatic heterocycles. The lowest BCUT2D eigenvalue weighted by molar-refractivity contribution is -0.119. The number of anilines is 2. The molecule has 0 fully saturated rings. The maximum atomic E-state index is 12.7. The molecule has 0 aliphatic heterocycles. The highest BCUT2D eigenvalue weighted by atomic mass is 32.1. The third kappa shape index (κ3) is 4.77. The van der Waals surface area contributed by atoms with Crippen molar-refractivity contribution >= 4 is 54.8 Å². The Hall–Kier alpha value is -2.85. The lowest BCUT2D eigenvalue weighted by atomic mass is 10.2. The van der Waals surface area contributed by atoms with E-state index in [0.29, 0.717) is 22.1 Å². The summed E-state index contributed by atoms with van der Waals surface area (Å²) in [7, 11) is 1.49. The Morgan fingerprint density at radius 2 is 1.93 bits per heavy atom. The molecule has 2 heterocycles. The fraction of sp³-hybridized carbons (Fsp3) is 0.316. The number of nitrogens with two attached hydrogens (primary N) is 1. The van der Waals surface area contributed by atoms with Crippen molar-refractivity contribution < 1.29 is 19.1 Å². The van der Waals surface area contributed by atoms with Crippen LogP contribution in [0.1, 0.15) is 23.5 Å². The number of amides is 2. The summed E-state index contributed by atoms with van der Waals surface area (Å²) in [6.07, 6.45) is 0. The second-order valence-corrected chi connectivity index (χ2v) is 8.06. The van der Waals surface area contributed by atoms with Gasteiger partial charge in [-0.3, -0.25) is 9.59 Å². The molecule has 0 aliphatic rings. The first-order valence-electron chi connectivity index (χ1n) is 9.01. The van der Waals surface area contributed by atoms with E-state index in [4.69, 9.17) is 15.2 Å². The second kappa shape index (κ2) is 9.10. The zero-order valence-electron chi connectivity index (χ0n) is 16.4. The summed E-state index contributed by atoms with van der Waals surface area (Å²) in [4.78, 5) is 31.9. The molecule has 0 bridgehead atoms. The molecule has 0 unspecified atom stereocenters. The molecule has 1 aromatic carbocycles. The van der Waals surface area contributed by atoms with Crippen molar-refractivity contribution in [2.45, 2.75) is 13.8 Å². The van der Waals surface area contributed by atoms with Crippen molar-refractivity contribution in [3.63, 3.8) is 0 Å². The van der Waals surface area contributed by atoms with E-state index in [2.05, 4.69) is 29.0 Å². The molecule has 0 saturated heterocycles. The highest BCUT2D eigenvalue weighted by Crippen LogP contribution is 2.35. The molecule has 0 spiro atoms. The van der Waals surface area contributed by atoms with Gasteiger partial charge < -0.3 is 25.4 Å². The topological polar surface area (TPSA) is 107 Å². The van der Waals surface area contributed by atoms with Crippen molar-refractivity contribution in [2.24, 2.45) is 5.73 Å². The van der Waals surface area contributed by atoms with Gasteiger partial charge in [0.25, 0.3) is 11.8 Å². The smallest absolute Gasteiger partial charge is 0.265 e. The number of hydrogen-bond donors (Lipinski definition) is 2. The second-order valence-electron chi connectivity index (χ2n) is 6.02. The maximum Gasteiger partial charge on any atom is 0.265 e. The lowest BCUT2D eigenvalue weighted by Gasteiger charge is -2.16. The summed E-state index contributed by atoms with van der Waals surface area (Å²) in [6.45, 7) is 5.68. The number of ether oxygens (including phenoxy) is 2. The monoisotopic (exact) mass is 434 g/mol. The summed E-state index contributed by atoms with van der Waals surface area (Å²) in [5.74, 6) is -0.0804. The minimum atomic E-state index is -0.600. The van der Waals surface area contributed by atoms with E-state index in [1.807, 2.05) is 6.07 Å². The molecule has 3 N–H and O–H groups in total. The maximum absolute atomic E-state index is 12.7. The van der Waals surface area contributed by atoms with Crippen molar-refractivity contribution in [3.05, 3.63) is 29.1 Å². The average Bonchev–Trinajstić information content (AvgIpc) is 3.27. The van der Waals surface area contributed by atoms with Gasteiger partial charge in [0.15, 0.2) is 23.2 Å². The van der Waals surface area contributed by atoms with Crippen molar-refractivity contribution in [3.8, 4) is 11.5 Å². The van der Waals surface area contributed by atoms with Gasteiger partial charge in [0.2, 0.25) is 0 Å². The fourth-order valence-electron chi connectivity index (χ4n) is 2.67. The summed E-state index contributed by atoms with van der Waals surface area (Å²) in [6, 6.07) is 6.79. The van der Waals surface area contributed by atoms with Gasteiger partial charge in [-0.1, -0.05) is 11.3 Å². The number of rotatable bonds is 9. The number of thiazole rings is 1. The number of benzene rings is 1. The molecular weight excluding hydrogens is 412 g/mol. The minimum Gasteiger partial charge on any atom is -0.493 e. The Labute approximate surface area is 176 Å². The van der Waals surface area contributed by atoms with Gasteiger partial charge in [-0.25, -0.2) is 4.98 Å². The zero-order valence-corrected chi connectivity index (χ0v) is 18.0. The summed E-state index contributed by atoms with van der Waals surface area (Å²) in [5.41, 5.74) is 5.64. The Morgan fingerprint density at radius 1 is 1.17 bits per heavy atom. The first-order chi connectivity index (χ1) is 13.9. The van der Waals surface area contributed by atoms with Crippen LogP contribution < -0.4 is 25.4 Å². The van der Waals surface area contributed by atoms with Crippen LogP contribution in [0.3, 0.4) is 0 Å². The molecule has 0 atom stereocenters. The van der Waals surface area contributed by atoms with Gasteiger partial charge in [0.05, 0.1) is 16.7 Å². The molecule has 0 saturated carbocycles. The van der Waals surface area contributed by atoms with Crippen molar-refractivity contribution in [2.75, 3.05) is 37.0 Å². The minimum absolute atomic E-state index is 0.240. The lowest BCUT2D eigenvalue weighted by Crippen LogP contribution is -2.21. The zero-order chi connectivity index (χ0) is 21.0. The van der Waals surface area contributed by atoms with Crippen LogP contribution in [0.25, 0.3) is 9.53 Å². The highest BCUT2D eigenvalue weighted by molar-refractivity contribution is 7.29. The Morgan fingerprint density at radius 3 is 2.55 bits per heavy atom. The van der Waals surface area contributed by atoms with E-state index >= 15 is 0 Å². The molecule has 0 radical (unpaired) electrons. The molecule has 10 heteroatoms. The van der Waals surface area contributed by atoms with Crippen molar-refractivity contribution in [1.29, 1.82) is 0 Å². The number of carbonyl (C=O) groups excluding carboxylic acids is 2. The number of carbonyl (C=O) groups is 2. The van der Waals surface area contributed by atoms with E-state index in [9.17, 15) is 9.59 Å². The molecule has 3 aromatic rings. The van der Waals surface area contributed by atoms with Crippen LogP contribution in [-0.2, 0) is 4.79 Å². The average molecular weight is 435 g/mol. The van der Waals surface area contributed by atoms with E-state index < -0.39 is 5.91 Å². The highest BCUT2D eigenvalue weighted by Gasteiger charge is 2.17. The molecule has 154 valence electrons. The summed E-state index contributed by atoms with van der Waals surface area (Å²) in [5, 5.41) is 3.80. The van der Waals surface area contributed by atoms with Crippen LogP contribution in [0.2, 0.25) is 0 Å². The summed E-state index contributed by atoms with van der Waals surface area (Å²) < 4.78 is 11.5. The van der Waals surface area contributed by atoms with Crippen LogP contribution in [0.4, 0.5) is 10.8 Å². The van der Waals surface area contributed by atoms with E-state index in [1.165, 1.54) is 18.4 Å². The SMILES string of the molecule is CCN(CC)c1nc2sc(C(=O)Nc3ccc(OC)c(OCC(N)=O)c3)cc2s1. The third-order valence-electron chi connectivity index (χ3n) is 4.13. The molecule has 2 amide bonds. The Bertz CT molecular complexity index is 995. The van der Waals surface area contributed by atoms with Gasteiger partial charge >= 0.3 is 0 Å². The van der Waals surface area contributed by atoms with E-state index in [0.717, 1.165) is 27.8 Å². The predicted molar refractivity (Wildman–Crippen MR) is 117 cm³/mol. The molecular formula is C19H22N4O4S2. The quantitative estimate of drug-likeness (QED) is 0.535. The first-order valence-corrected chi connectivity index (χ1v) is 10.6. The molecule has 3 rings (SSSR count). The number of fused-ring (bicyclic) bond motifs is 1. The van der Waals surface area contributed by atoms with Gasteiger partial charge in [0.1, 0.15) is 4.83 Å². The van der Waals surface area contributed by atoms with Gasteiger partial charge in [-0.05, 0) is 32.0 Å². The number of methoxy groups -OCH3 is 1. The molecule has 8 nitrogen and oxygen atoms in total. The number of nitrogens with one attached hydrogen (secondary N) is 1. The molecule has 29 heavy (non-hydrogen) atoms. The van der Waals surface area contributed by atoms with Crippen LogP contribution in [0, 0.1) is 0 Å². The van der Waals surface area contributed by atoms with E-state index in [-0.39, 0.29) is 12.5 Å². The largest absolute Gasteiger partial charge is 0.493 e. The van der Waals surface area contributed by atoms with Gasteiger partial charge in [-0.15, -0.1) is 11.3 Å². The fourth-order valence-corrected chi connectivity index (χ4v) is 4.91. The Balaban J connectivity index is 1.76. The number of thiophene rings is 1. The summed E-state index contributed by atoms with van der Waals surface area (Å²) >= 11 is 2.93. The number of primary amides is 1. The first kappa shape index (κ1) is 20.9. The normalized spacial score (nSPS) is 10.7. The van der Waals surface area contributed by atoms with E-state index in [1.54, 1.807) is 29.5 Å². The van der Waals surface area contributed by atoms with Gasteiger partial charge in [0, 0.05) is 24.8 Å². The number of nitrogens with zero attached hydrogens (tertiary/aromatic N) is 2. The number of aromatic nitrogens is 1. The van der Waals surface area contributed by atoms with Crippen LogP contribution in [-0.4, -0.2) is 43.6 Å². The molecule has 0 aliphatic carbocycles. The standard InChI is InChI=1S/C19H22N4O4S2/c1-4-23(5-2)19-22-18-15(29-19)9-14(28-18)17(25)21-11-6-7-12(26-3)13(8-11)27-10-16(20)24/h6-9H,4-5,10H2,1-3H3,(H2,20,24)(H,21,25). The Kier molecular flexibility index (Phi) is 6.55. The van der Waals surface area contributed by atoms with Crippen LogP contribution in [0.15, 0.2) is 24.3 Å². The third-order valence-corrected chi connectivity index (χ3v) is 6.35.